The first-order chi connectivity index (χ1) is 15.1. The second-order valence-electron chi connectivity index (χ2n) is 7.04. The Kier molecular flexibility index (Phi) is 6.59. The maximum absolute atomic E-state index is 12.5. The molecule has 1 aliphatic rings. The van der Waals surface area contributed by atoms with Gasteiger partial charge in [-0.15, -0.1) is 0 Å². The van der Waals surface area contributed by atoms with E-state index in [4.69, 9.17) is 21.7 Å². The Morgan fingerprint density at radius 3 is 2.52 bits per heavy atom. The third kappa shape index (κ3) is 4.75. The van der Waals surface area contributed by atoms with Gasteiger partial charge in [0.2, 0.25) is 0 Å². The lowest BCUT2D eigenvalue weighted by molar-refractivity contribution is -0.121. The van der Waals surface area contributed by atoms with Crippen molar-refractivity contribution in [2.24, 2.45) is 0 Å². The van der Waals surface area contributed by atoms with E-state index in [1.165, 1.54) is 22.5 Å². The molecule has 0 atom stereocenters. The molecule has 0 unspecified atom stereocenters. The van der Waals surface area contributed by atoms with Crippen LogP contribution in [0, 0.1) is 0 Å². The van der Waals surface area contributed by atoms with Crippen LogP contribution in [-0.2, 0) is 11.4 Å². The largest absolute Gasteiger partial charge is 0.490 e. The number of benzene rings is 3. The molecule has 4 nitrogen and oxygen atoms in total. The van der Waals surface area contributed by atoms with E-state index < -0.39 is 0 Å². The first-order valence-electron chi connectivity index (χ1n) is 10.2. The zero-order valence-corrected chi connectivity index (χ0v) is 19.1. The number of likely N-dealkylation sites (N-methyl/N-ethyl adjacent to an activating group) is 1. The molecule has 0 aliphatic carbocycles. The minimum absolute atomic E-state index is 0.0490. The van der Waals surface area contributed by atoms with Gasteiger partial charge < -0.3 is 9.47 Å². The first kappa shape index (κ1) is 21.4. The van der Waals surface area contributed by atoms with Gasteiger partial charge in [0.05, 0.1) is 11.5 Å². The Labute approximate surface area is 191 Å². The molecule has 4 rings (SSSR count). The number of hydrogen-bond donors (Lipinski definition) is 0. The van der Waals surface area contributed by atoms with Gasteiger partial charge in [0.25, 0.3) is 5.91 Å². The Hall–Kier alpha value is -2.83. The van der Waals surface area contributed by atoms with Crippen LogP contribution in [0.4, 0.5) is 0 Å². The van der Waals surface area contributed by atoms with E-state index in [0.29, 0.717) is 40.5 Å². The van der Waals surface area contributed by atoms with Gasteiger partial charge >= 0.3 is 0 Å². The first-order valence-corrected chi connectivity index (χ1v) is 11.4. The third-order valence-corrected chi connectivity index (χ3v) is 6.34. The fourth-order valence-electron chi connectivity index (χ4n) is 3.42. The topological polar surface area (TPSA) is 38.8 Å². The van der Waals surface area contributed by atoms with E-state index in [9.17, 15) is 4.79 Å². The van der Waals surface area contributed by atoms with Crippen LogP contribution in [0.1, 0.15) is 25.0 Å². The lowest BCUT2D eigenvalue weighted by Crippen LogP contribution is -2.27. The summed E-state index contributed by atoms with van der Waals surface area (Å²) in [6, 6.07) is 20.3. The van der Waals surface area contributed by atoms with Crippen LogP contribution in [0.2, 0.25) is 0 Å². The van der Waals surface area contributed by atoms with Gasteiger partial charge in [-0.3, -0.25) is 9.69 Å². The summed E-state index contributed by atoms with van der Waals surface area (Å²) in [5.74, 6) is 1.28. The summed E-state index contributed by atoms with van der Waals surface area (Å²) >= 11 is 6.62. The second-order valence-corrected chi connectivity index (χ2v) is 8.71. The number of hydrogen-bond acceptors (Lipinski definition) is 5. The standard InChI is InChI=1S/C25H23NO3S2/c1-3-26-24(27)23(31-25(26)30)15-17-10-12-21(22(14-17)28-4-2)29-16-18-9-11-19-7-5-6-8-20(19)13-18/h5-15H,3-4,16H2,1-2H3. The number of rotatable bonds is 7. The molecule has 3 aromatic rings. The molecule has 1 amide bonds. The molecule has 0 bridgehead atoms. The molecule has 0 radical (unpaired) electrons. The van der Waals surface area contributed by atoms with E-state index in [0.717, 1.165) is 11.1 Å². The smallest absolute Gasteiger partial charge is 0.266 e. The SMILES string of the molecule is CCOc1cc(C=C2SC(=S)N(CC)C2=O)ccc1OCc1ccc2ccccc2c1. The quantitative estimate of drug-likeness (QED) is 0.325. The zero-order chi connectivity index (χ0) is 21.8. The molecule has 1 saturated heterocycles. The Balaban J connectivity index is 1.53. The summed E-state index contributed by atoms with van der Waals surface area (Å²) in [5.41, 5.74) is 1.96. The minimum atomic E-state index is -0.0490. The van der Waals surface area contributed by atoms with Crippen molar-refractivity contribution < 1.29 is 14.3 Å². The van der Waals surface area contributed by atoms with Crippen LogP contribution in [-0.4, -0.2) is 28.3 Å². The summed E-state index contributed by atoms with van der Waals surface area (Å²) in [6.07, 6.45) is 1.85. The van der Waals surface area contributed by atoms with Crippen molar-refractivity contribution in [2.75, 3.05) is 13.2 Å². The van der Waals surface area contributed by atoms with Crippen molar-refractivity contribution >= 4 is 51.1 Å². The predicted octanol–water partition coefficient (Wildman–Crippen LogP) is 6.04. The molecule has 0 spiro atoms. The number of carbonyl (C=O) groups is 1. The van der Waals surface area contributed by atoms with Crippen molar-refractivity contribution in [1.82, 2.24) is 4.90 Å². The van der Waals surface area contributed by atoms with E-state index in [1.54, 1.807) is 4.90 Å². The molecule has 158 valence electrons. The van der Waals surface area contributed by atoms with Gasteiger partial charge in [0.15, 0.2) is 11.5 Å². The Morgan fingerprint density at radius 2 is 1.77 bits per heavy atom. The lowest BCUT2D eigenvalue weighted by atomic mass is 10.1. The Bertz CT molecular complexity index is 1170. The molecular weight excluding hydrogens is 426 g/mol. The minimum Gasteiger partial charge on any atom is -0.490 e. The summed E-state index contributed by atoms with van der Waals surface area (Å²) in [6.45, 7) is 5.40. The molecule has 0 aromatic heterocycles. The van der Waals surface area contributed by atoms with Gasteiger partial charge in [-0.2, -0.15) is 0 Å². The van der Waals surface area contributed by atoms with Crippen molar-refractivity contribution in [3.05, 3.63) is 76.7 Å². The third-order valence-electron chi connectivity index (χ3n) is 4.96. The van der Waals surface area contributed by atoms with Crippen LogP contribution in [0.3, 0.4) is 0 Å². The number of thioether (sulfide) groups is 1. The molecule has 3 aromatic carbocycles. The van der Waals surface area contributed by atoms with Crippen molar-refractivity contribution in [3.8, 4) is 11.5 Å². The van der Waals surface area contributed by atoms with E-state index >= 15 is 0 Å². The highest BCUT2D eigenvalue weighted by atomic mass is 32.2. The number of thiocarbonyl (C=S) groups is 1. The highest BCUT2D eigenvalue weighted by Crippen LogP contribution is 2.35. The molecular formula is C25H23NO3S2. The normalized spacial score (nSPS) is 15.2. The zero-order valence-electron chi connectivity index (χ0n) is 17.5. The summed E-state index contributed by atoms with van der Waals surface area (Å²) in [4.78, 5) is 14.7. The maximum Gasteiger partial charge on any atom is 0.266 e. The molecule has 6 heteroatoms. The van der Waals surface area contributed by atoms with Gasteiger partial charge in [-0.1, -0.05) is 66.4 Å². The van der Waals surface area contributed by atoms with Gasteiger partial charge in [0, 0.05) is 6.54 Å². The molecule has 31 heavy (non-hydrogen) atoms. The highest BCUT2D eigenvalue weighted by Gasteiger charge is 2.30. The van der Waals surface area contributed by atoms with E-state index in [2.05, 4.69) is 30.3 Å². The van der Waals surface area contributed by atoms with Crippen molar-refractivity contribution in [3.63, 3.8) is 0 Å². The summed E-state index contributed by atoms with van der Waals surface area (Å²) in [7, 11) is 0. The van der Waals surface area contributed by atoms with Crippen LogP contribution in [0.25, 0.3) is 16.8 Å². The monoisotopic (exact) mass is 449 g/mol. The average Bonchev–Trinajstić information content (AvgIpc) is 3.05. The van der Waals surface area contributed by atoms with Gasteiger partial charge in [-0.25, -0.2) is 0 Å². The average molecular weight is 450 g/mol. The lowest BCUT2D eigenvalue weighted by Gasteiger charge is -2.13. The van der Waals surface area contributed by atoms with E-state index in [1.807, 2.05) is 50.3 Å². The predicted molar refractivity (Wildman–Crippen MR) is 131 cm³/mol. The molecule has 1 aliphatic heterocycles. The second kappa shape index (κ2) is 9.54. The number of fused-ring (bicyclic) bond motifs is 1. The molecule has 0 N–H and O–H groups in total. The highest BCUT2D eigenvalue weighted by molar-refractivity contribution is 8.26. The van der Waals surface area contributed by atoms with Crippen LogP contribution in [0.5, 0.6) is 11.5 Å². The van der Waals surface area contributed by atoms with Crippen LogP contribution in [0.15, 0.2) is 65.6 Å². The maximum atomic E-state index is 12.5. The Morgan fingerprint density at radius 1 is 0.968 bits per heavy atom. The number of amides is 1. The number of ether oxygens (including phenoxy) is 2. The summed E-state index contributed by atoms with van der Waals surface area (Å²) < 4.78 is 12.5. The van der Waals surface area contributed by atoms with Gasteiger partial charge in [-0.05, 0) is 60.0 Å². The fourth-order valence-corrected chi connectivity index (χ4v) is 4.80. The van der Waals surface area contributed by atoms with Crippen LogP contribution < -0.4 is 9.47 Å². The van der Waals surface area contributed by atoms with E-state index in [-0.39, 0.29) is 5.91 Å². The summed E-state index contributed by atoms with van der Waals surface area (Å²) in [5, 5.41) is 2.40. The van der Waals surface area contributed by atoms with Crippen LogP contribution >= 0.6 is 24.0 Å². The number of nitrogens with zero attached hydrogens (tertiary/aromatic N) is 1. The fraction of sp³-hybridized carbons (Fsp3) is 0.200. The van der Waals surface area contributed by atoms with Crippen molar-refractivity contribution in [1.29, 1.82) is 0 Å². The number of carbonyl (C=O) groups excluding carboxylic acids is 1. The van der Waals surface area contributed by atoms with Gasteiger partial charge in [0.1, 0.15) is 10.9 Å². The van der Waals surface area contributed by atoms with Crippen molar-refractivity contribution in [2.45, 2.75) is 20.5 Å². The molecule has 1 fully saturated rings. The molecule has 1 heterocycles. The molecule has 0 saturated carbocycles.